The maximum Gasteiger partial charge on any atom is 0.337 e. The van der Waals surface area contributed by atoms with E-state index in [4.69, 9.17) is 4.74 Å². The number of hydrogen-bond acceptors (Lipinski definition) is 4. The number of allylic oxidation sites excluding steroid dienone is 1. The third-order valence-corrected chi connectivity index (χ3v) is 6.68. The molecule has 1 spiro atoms. The molecule has 1 amide bonds. The monoisotopic (exact) mass is 450 g/mol. The first-order valence-electron chi connectivity index (χ1n) is 11.3. The number of hydrogen-bond donors (Lipinski definition) is 1. The number of aryl methyl sites for hydroxylation is 1. The van der Waals surface area contributed by atoms with E-state index in [1.54, 1.807) is 0 Å². The van der Waals surface area contributed by atoms with Crippen molar-refractivity contribution in [1.82, 2.24) is 4.90 Å². The van der Waals surface area contributed by atoms with Crippen LogP contribution in [0.4, 0.5) is 5.69 Å². The van der Waals surface area contributed by atoms with Gasteiger partial charge in [0.05, 0.1) is 12.7 Å². The molecule has 5 rings (SSSR count). The lowest BCUT2D eigenvalue weighted by Crippen LogP contribution is -2.44. The summed E-state index contributed by atoms with van der Waals surface area (Å²) in [4.78, 5) is 29.0. The molecule has 0 unspecified atom stereocenters. The number of esters is 1. The van der Waals surface area contributed by atoms with Crippen molar-refractivity contribution in [2.75, 3.05) is 12.4 Å². The van der Waals surface area contributed by atoms with Gasteiger partial charge in [-0.15, -0.1) is 0 Å². The van der Waals surface area contributed by atoms with Gasteiger partial charge >= 0.3 is 5.97 Å². The van der Waals surface area contributed by atoms with Crippen molar-refractivity contribution < 1.29 is 14.3 Å². The Morgan fingerprint density at radius 1 is 0.941 bits per heavy atom. The zero-order chi connectivity index (χ0) is 23.9. The SMILES string of the molecule is COC(=O)C1=C(C)N(Cc2ccc(C)cc2)C(c2ccccc2)=C[C@]12C(=O)Nc1ccccc12. The smallest absolute Gasteiger partial charge is 0.337 e. The van der Waals surface area contributed by atoms with Crippen molar-refractivity contribution in [2.24, 2.45) is 0 Å². The molecule has 0 aliphatic carbocycles. The molecule has 0 saturated carbocycles. The highest BCUT2D eigenvalue weighted by atomic mass is 16.5. The summed E-state index contributed by atoms with van der Waals surface area (Å²) in [5.41, 5.74) is 5.34. The molecule has 2 heterocycles. The second kappa shape index (κ2) is 8.34. The molecular weight excluding hydrogens is 424 g/mol. The molecule has 0 radical (unpaired) electrons. The normalized spacial score (nSPS) is 19.1. The van der Waals surface area contributed by atoms with Crippen LogP contribution in [0, 0.1) is 6.92 Å². The Morgan fingerprint density at radius 3 is 2.32 bits per heavy atom. The third-order valence-electron chi connectivity index (χ3n) is 6.68. The lowest BCUT2D eigenvalue weighted by Gasteiger charge is -2.40. The zero-order valence-electron chi connectivity index (χ0n) is 19.5. The second-order valence-electron chi connectivity index (χ2n) is 8.73. The molecular formula is C29H26N2O3. The minimum absolute atomic E-state index is 0.253. The number of benzene rings is 3. The predicted molar refractivity (Wildman–Crippen MR) is 133 cm³/mol. The Bertz CT molecular complexity index is 1340. The van der Waals surface area contributed by atoms with Crippen molar-refractivity contribution in [3.8, 4) is 0 Å². The quantitative estimate of drug-likeness (QED) is 0.556. The van der Waals surface area contributed by atoms with Gasteiger partial charge < -0.3 is 15.0 Å². The topological polar surface area (TPSA) is 58.6 Å². The van der Waals surface area contributed by atoms with E-state index in [0.29, 0.717) is 23.5 Å². The molecule has 2 aliphatic heterocycles. The molecule has 170 valence electrons. The van der Waals surface area contributed by atoms with Crippen LogP contribution in [-0.2, 0) is 26.3 Å². The van der Waals surface area contributed by atoms with Crippen LogP contribution in [0.15, 0.2) is 96.2 Å². The summed E-state index contributed by atoms with van der Waals surface area (Å²) in [7, 11) is 1.36. The number of nitrogens with zero attached hydrogens (tertiary/aromatic N) is 1. The van der Waals surface area contributed by atoms with Crippen LogP contribution in [0.2, 0.25) is 0 Å². The number of fused-ring (bicyclic) bond motifs is 2. The summed E-state index contributed by atoms with van der Waals surface area (Å²) < 4.78 is 5.23. The summed E-state index contributed by atoms with van der Waals surface area (Å²) in [6.07, 6.45) is 1.93. The molecule has 1 atom stereocenters. The Labute approximate surface area is 199 Å². The largest absolute Gasteiger partial charge is 0.466 e. The summed E-state index contributed by atoms with van der Waals surface area (Å²) in [5.74, 6) is -0.765. The number of methoxy groups -OCH3 is 1. The summed E-state index contributed by atoms with van der Waals surface area (Å²) in [5, 5.41) is 2.99. The highest BCUT2D eigenvalue weighted by Gasteiger charge is 2.54. The molecule has 5 nitrogen and oxygen atoms in total. The van der Waals surface area contributed by atoms with Crippen molar-refractivity contribution in [2.45, 2.75) is 25.8 Å². The van der Waals surface area contributed by atoms with Crippen molar-refractivity contribution in [3.05, 3.63) is 118 Å². The van der Waals surface area contributed by atoms with Gasteiger partial charge in [-0.05, 0) is 42.7 Å². The van der Waals surface area contributed by atoms with Gasteiger partial charge in [-0.1, -0.05) is 78.4 Å². The Hall–Kier alpha value is -4.12. The van der Waals surface area contributed by atoms with Crippen LogP contribution in [0.5, 0.6) is 0 Å². The second-order valence-corrected chi connectivity index (χ2v) is 8.73. The molecule has 0 aromatic heterocycles. The molecule has 3 aromatic rings. The molecule has 34 heavy (non-hydrogen) atoms. The van der Waals surface area contributed by atoms with Gasteiger partial charge in [0.15, 0.2) is 0 Å². The first-order chi connectivity index (χ1) is 16.5. The Morgan fingerprint density at radius 2 is 1.62 bits per heavy atom. The number of carbonyl (C=O) groups excluding carboxylic acids is 2. The minimum atomic E-state index is -1.28. The standard InChI is InChI=1S/C29H26N2O3/c1-19-13-15-21(16-14-19)18-31-20(2)26(27(32)34-3)29(17-25(31)22-9-5-4-6-10-22)23-11-7-8-12-24(23)30-28(29)33/h4-17H,18H2,1-3H3,(H,30,33)/t29-/m1/s1. The molecule has 0 bridgehead atoms. The van der Waals surface area contributed by atoms with E-state index in [-0.39, 0.29) is 5.91 Å². The fourth-order valence-electron chi connectivity index (χ4n) is 4.97. The Balaban J connectivity index is 1.77. The summed E-state index contributed by atoms with van der Waals surface area (Å²) >= 11 is 0. The van der Waals surface area contributed by atoms with E-state index < -0.39 is 11.4 Å². The van der Waals surface area contributed by atoms with Gasteiger partial charge in [-0.25, -0.2) is 4.79 Å². The molecule has 5 heteroatoms. The summed E-state index contributed by atoms with van der Waals surface area (Å²) in [6.45, 7) is 4.50. The number of carbonyl (C=O) groups is 2. The molecule has 0 fully saturated rings. The first-order valence-corrected chi connectivity index (χ1v) is 11.3. The van der Waals surface area contributed by atoms with Gasteiger partial charge in [0.1, 0.15) is 5.41 Å². The third kappa shape index (κ3) is 3.32. The number of para-hydroxylation sites is 1. The van der Waals surface area contributed by atoms with Gasteiger partial charge in [0.25, 0.3) is 0 Å². The van der Waals surface area contributed by atoms with E-state index in [2.05, 4.69) is 41.4 Å². The van der Waals surface area contributed by atoms with E-state index in [9.17, 15) is 9.59 Å². The predicted octanol–water partition coefficient (Wildman–Crippen LogP) is 5.19. The van der Waals surface area contributed by atoms with Crippen molar-refractivity contribution in [1.29, 1.82) is 0 Å². The van der Waals surface area contributed by atoms with Crippen LogP contribution >= 0.6 is 0 Å². The van der Waals surface area contributed by atoms with E-state index in [1.807, 2.05) is 67.6 Å². The number of rotatable bonds is 4. The van der Waals surface area contributed by atoms with Crippen LogP contribution in [0.25, 0.3) is 5.70 Å². The van der Waals surface area contributed by atoms with Gasteiger partial charge in [-0.2, -0.15) is 0 Å². The number of ether oxygens (including phenoxy) is 1. The van der Waals surface area contributed by atoms with Crippen LogP contribution < -0.4 is 5.32 Å². The van der Waals surface area contributed by atoms with E-state index in [0.717, 1.165) is 22.4 Å². The van der Waals surface area contributed by atoms with Gasteiger partial charge in [0, 0.05) is 23.6 Å². The molecule has 2 aliphatic rings. The minimum Gasteiger partial charge on any atom is -0.466 e. The van der Waals surface area contributed by atoms with E-state index in [1.165, 1.54) is 12.7 Å². The first kappa shape index (κ1) is 21.7. The maximum atomic E-state index is 13.6. The zero-order valence-corrected chi connectivity index (χ0v) is 19.5. The van der Waals surface area contributed by atoms with Gasteiger partial charge in [0.2, 0.25) is 5.91 Å². The highest BCUT2D eigenvalue weighted by molar-refractivity contribution is 6.17. The van der Waals surface area contributed by atoms with Crippen LogP contribution in [0.3, 0.4) is 0 Å². The number of amides is 1. The lowest BCUT2D eigenvalue weighted by molar-refractivity contribution is -0.138. The lowest BCUT2D eigenvalue weighted by atomic mass is 9.71. The van der Waals surface area contributed by atoms with E-state index >= 15 is 0 Å². The number of nitrogens with one attached hydrogen (secondary N) is 1. The van der Waals surface area contributed by atoms with Crippen molar-refractivity contribution in [3.63, 3.8) is 0 Å². The van der Waals surface area contributed by atoms with Crippen LogP contribution in [-0.4, -0.2) is 23.9 Å². The highest BCUT2D eigenvalue weighted by Crippen LogP contribution is 2.51. The fraction of sp³-hybridized carbons (Fsp3) is 0.172. The van der Waals surface area contributed by atoms with Crippen LogP contribution in [0.1, 0.15) is 29.2 Å². The molecule has 0 saturated heterocycles. The number of anilines is 1. The van der Waals surface area contributed by atoms with Crippen molar-refractivity contribution >= 4 is 23.3 Å². The maximum absolute atomic E-state index is 13.6. The Kier molecular flexibility index (Phi) is 5.33. The average molecular weight is 451 g/mol. The summed E-state index contributed by atoms with van der Waals surface area (Å²) in [6, 6.07) is 25.8. The molecule has 1 N–H and O–H groups in total. The fourth-order valence-corrected chi connectivity index (χ4v) is 4.97. The average Bonchev–Trinajstić information content (AvgIpc) is 3.13. The molecule has 3 aromatic carbocycles. The van der Waals surface area contributed by atoms with Gasteiger partial charge in [-0.3, -0.25) is 4.79 Å².